The number of carbonyl (C=O) groups excluding carboxylic acids is 1. The van der Waals surface area contributed by atoms with Gasteiger partial charge in [-0.2, -0.15) is 0 Å². The van der Waals surface area contributed by atoms with Gasteiger partial charge >= 0.3 is 0 Å². The molecule has 0 bridgehead atoms. The molecule has 158 valence electrons. The van der Waals surface area contributed by atoms with E-state index in [1.807, 2.05) is 36.5 Å². The van der Waals surface area contributed by atoms with Gasteiger partial charge < -0.3 is 24.3 Å². The molecular formula is C22H20BrN5O3. The Labute approximate surface area is 186 Å². The Hall–Kier alpha value is -3.17. The highest BCUT2D eigenvalue weighted by Gasteiger charge is 2.31. The van der Waals surface area contributed by atoms with Gasteiger partial charge in [0.15, 0.2) is 6.10 Å². The van der Waals surface area contributed by atoms with Crippen molar-refractivity contribution < 1.29 is 14.6 Å². The van der Waals surface area contributed by atoms with Gasteiger partial charge in [-0.3, -0.25) is 4.79 Å². The van der Waals surface area contributed by atoms with Crippen molar-refractivity contribution in [1.29, 1.82) is 0 Å². The van der Waals surface area contributed by atoms with Gasteiger partial charge in [0.2, 0.25) is 0 Å². The molecule has 1 aliphatic heterocycles. The first-order valence-electron chi connectivity index (χ1n) is 9.84. The third-order valence-electron chi connectivity index (χ3n) is 5.65. The number of methoxy groups -OCH3 is 1. The average molecular weight is 482 g/mol. The molecule has 1 aromatic carbocycles. The van der Waals surface area contributed by atoms with E-state index in [0.29, 0.717) is 46.5 Å². The monoisotopic (exact) mass is 481 g/mol. The number of aromatic nitrogens is 4. The van der Waals surface area contributed by atoms with Crippen LogP contribution in [0.15, 0.2) is 53.5 Å². The van der Waals surface area contributed by atoms with Crippen molar-refractivity contribution in [3.05, 3.63) is 64.9 Å². The fourth-order valence-corrected chi connectivity index (χ4v) is 4.49. The van der Waals surface area contributed by atoms with Gasteiger partial charge in [-0.15, -0.1) is 0 Å². The smallest absolute Gasteiger partial charge is 0.256 e. The maximum Gasteiger partial charge on any atom is 0.256 e. The summed E-state index contributed by atoms with van der Waals surface area (Å²) >= 11 is 3.39. The number of imidazole rings is 1. The number of amides is 1. The number of aliphatic hydroxyl groups excluding tert-OH is 1. The molecule has 0 spiro atoms. The van der Waals surface area contributed by atoms with E-state index in [1.165, 1.54) is 7.11 Å². The number of aliphatic hydroxyl groups is 1. The molecule has 4 heterocycles. The second-order valence-corrected chi connectivity index (χ2v) is 8.10. The van der Waals surface area contributed by atoms with Crippen molar-refractivity contribution in [3.8, 4) is 17.0 Å². The van der Waals surface area contributed by atoms with Crippen LogP contribution in [0.25, 0.3) is 22.2 Å². The third kappa shape index (κ3) is 3.30. The molecule has 0 fully saturated rings. The number of benzene rings is 1. The zero-order valence-electron chi connectivity index (χ0n) is 16.7. The summed E-state index contributed by atoms with van der Waals surface area (Å²) in [5.41, 5.74) is 3.25. The Balaban J connectivity index is 1.42. The number of halogens is 1. The first-order valence-corrected chi connectivity index (χ1v) is 10.6. The summed E-state index contributed by atoms with van der Waals surface area (Å²) in [6.45, 7) is 1.45. The number of ether oxygens (including phenoxy) is 1. The fraction of sp³-hybridized carbons (Fsp3) is 0.227. The molecule has 0 aliphatic carbocycles. The lowest BCUT2D eigenvalue weighted by Gasteiger charge is -2.30. The molecule has 31 heavy (non-hydrogen) atoms. The lowest BCUT2D eigenvalue weighted by molar-refractivity contribution is -0.142. The number of nitrogens with zero attached hydrogens (tertiary/aromatic N) is 4. The van der Waals surface area contributed by atoms with Gasteiger partial charge in [0.25, 0.3) is 5.91 Å². The van der Waals surface area contributed by atoms with Crippen molar-refractivity contribution in [1.82, 2.24) is 24.4 Å². The summed E-state index contributed by atoms with van der Waals surface area (Å²) in [4.78, 5) is 26.6. The number of fused-ring (bicyclic) bond motifs is 2. The summed E-state index contributed by atoms with van der Waals surface area (Å²) in [6.07, 6.45) is 3.70. The molecule has 8 nitrogen and oxygen atoms in total. The summed E-state index contributed by atoms with van der Waals surface area (Å²) in [5.74, 6) is 0.920. The number of aromatic amines is 1. The molecule has 0 radical (unpaired) electrons. The van der Waals surface area contributed by atoms with E-state index in [2.05, 4.69) is 35.4 Å². The SMILES string of the molecule is COc1cnc(Br)c2[nH]cc(C(O)C(=O)N3CCn4c(-c5ccccc5)cnc4C3)c12. The maximum atomic E-state index is 13.2. The van der Waals surface area contributed by atoms with E-state index < -0.39 is 6.10 Å². The highest BCUT2D eigenvalue weighted by Crippen LogP contribution is 2.36. The topological polar surface area (TPSA) is 96.3 Å². The zero-order valence-corrected chi connectivity index (χ0v) is 18.3. The van der Waals surface area contributed by atoms with E-state index >= 15 is 0 Å². The van der Waals surface area contributed by atoms with E-state index in [4.69, 9.17) is 4.74 Å². The standard InChI is InChI=1S/C22H20BrN5O3/c1-31-16-11-26-21(23)19-18(16)14(9-25-19)20(29)22(30)27-7-8-28-15(10-24-17(28)12-27)13-5-3-2-4-6-13/h2-6,9-11,20,25,29H,7-8,12H2,1H3. The van der Waals surface area contributed by atoms with Crippen LogP contribution < -0.4 is 4.74 Å². The van der Waals surface area contributed by atoms with Crippen molar-refractivity contribution >= 4 is 32.7 Å². The van der Waals surface area contributed by atoms with Gasteiger partial charge in [-0.05, 0) is 21.5 Å². The minimum Gasteiger partial charge on any atom is -0.494 e. The Bertz CT molecular complexity index is 1270. The van der Waals surface area contributed by atoms with Crippen LogP contribution in [0.4, 0.5) is 0 Å². The van der Waals surface area contributed by atoms with Crippen LogP contribution in [0, 0.1) is 0 Å². The largest absolute Gasteiger partial charge is 0.494 e. The van der Waals surface area contributed by atoms with Crippen molar-refractivity contribution in [2.45, 2.75) is 19.2 Å². The molecule has 1 unspecified atom stereocenters. The average Bonchev–Trinajstić information content (AvgIpc) is 3.44. The van der Waals surface area contributed by atoms with Gasteiger partial charge in [0.1, 0.15) is 16.2 Å². The Morgan fingerprint density at radius 1 is 1.23 bits per heavy atom. The summed E-state index contributed by atoms with van der Waals surface area (Å²) in [7, 11) is 1.53. The van der Waals surface area contributed by atoms with Gasteiger partial charge in [-0.1, -0.05) is 30.3 Å². The first-order chi connectivity index (χ1) is 15.1. The molecule has 1 atom stereocenters. The first kappa shape index (κ1) is 19.8. The summed E-state index contributed by atoms with van der Waals surface area (Å²) in [5, 5.41) is 11.6. The number of nitrogens with one attached hydrogen (secondary N) is 1. The predicted octanol–water partition coefficient (Wildman–Crippen LogP) is 3.27. The molecule has 5 rings (SSSR count). The van der Waals surface area contributed by atoms with Crippen LogP contribution in [0.3, 0.4) is 0 Å². The highest BCUT2D eigenvalue weighted by atomic mass is 79.9. The van der Waals surface area contributed by atoms with Crippen LogP contribution in [-0.2, 0) is 17.9 Å². The molecule has 0 saturated heterocycles. The number of rotatable bonds is 4. The van der Waals surface area contributed by atoms with Crippen molar-refractivity contribution in [3.63, 3.8) is 0 Å². The van der Waals surface area contributed by atoms with Crippen LogP contribution in [0.1, 0.15) is 17.5 Å². The molecule has 3 aromatic heterocycles. The Morgan fingerprint density at radius 3 is 2.81 bits per heavy atom. The highest BCUT2D eigenvalue weighted by molar-refractivity contribution is 9.10. The normalized spacial score (nSPS) is 14.5. The number of H-pyrrole nitrogens is 1. The lowest BCUT2D eigenvalue weighted by Crippen LogP contribution is -2.41. The predicted molar refractivity (Wildman–Crippen MR) is 118 cm³/mol. The third-order valence-corrected chi connectivity index (χ3v) is 6.25. The fourth-order valence-electron chi connectivity index (χ4n) is 4.08. The van der Waals surface area contributed by atoms with E-state index in [0.717, 1.165) is 17.1 Å². The minimum atomic E-state index is -1.33. The minimum absolute atomic E-state index is 0.341. The molecule has 1 amide bonds. The molecule has 0 saturated carbocycles. The summed E-state index contributed by atoms with van der Waals surface area (Å²) < 4.78 is 8.11. The second-order valence-electron chi connectivity index (χ2n) is 7.35. The van der Waals surface area contributed by atoms with Crippen molar-refractivity contribution in [2.75, 3.05) is 13.7 Å². The summed E-state index contributed by atoms with van der Waals surface area (Å²) in [6, 6.07) is 10.1. The molecule has 4 aromatic rings. The van der Waals surface area contributed by atoms with Crippen molar-refractivity contribution in [2.24, 2.45) is 0 Å². The van der Waals surface area contributed by atoms with Gasteiger partial charge in [0.05, 0.1) is 42.6 Å². The van der Waals surface area contributed by atoms with Crippen LogP contribution >= 0.6 is 15.9 Å². The van der Waals surface area contributed by atoms with E-state index in [1.54, 1.807) is 17.3 Å². The van der Waals surface area contributed by atoms with Crippen LogP contribution in [0.5, 0.6) is 5.75 Å². The number of hydrogen-bond acceptors (Lipinski definition) is 5. The number of carbonyl (C=O) groups is 1. The second kappa shape index (κ2) is 7.82. The van der Waals surface area contributed by atoms with E-state index in [9.17, 15) is 9.90 Å². The van der Waals surface area contributed by atoms with Crippen LogP contribution in [-0.4, -0.2) is 49.1 Å². The quantitative estimate of drug-likeness (QED) is 0.436. The maximum absolute atomic E-state index is 13.2. The van der Waals surface area contributed by atoms with Gasteiger partial charge in [0, 0.05) is 24.8 Å². The van der Waals surface area contributed by atoms with Gasteiger partial charge in [-0.25, -0.2) is 9.97 Å². The molecular weight excluding hydrogens is 462 g/mol. The Kier molecular flexibility index (Phi) is 4.99. The Morgan fingerprint density at radius 2 is 2.03 bits per heavy atom. The molecule has 2 N–H and O–H groups in total. The number of pyridine rings is 1. The zero-order chi connectivity index (χ0) is 21.5. The molecule has 1 aliphatic rings. The molecule has 9 heteroatoms. The number of hydrogen-bond donors (Lipinski definition) is 2. The lowest BCUT2D eigenvalue weighted by atomic mass is 10.1. The van der Waals surface area contributed by atoms with Crippen LogP contribution in [0.2, 0.25) is 0 Å². The van der Waals surface area contributed by atoms with E-state index in [-0.39, 0.29) is 5.91 Å².